The van der Waals surface area contributed by atoms with E-state index in [1.807, 2.05) is 20.8 Å². The Hall–Kier alpha value is -0.810. The molecule has 0 spiro atoms. The molecule has 0 aliphatic carbocycles. The van der Waals surface area contributed by atoms with Crippen LogP contribution in [0.5, 0.6) is 0 Å². The van der Waals surface area contributed by atoms with Crippen LogP contribution in [0.2, 0.25) is 0 Å². The Morgan fingerprint density at radius 2 is 2.14 bits per heavy atom. The molecule has 2 fully saturated rings. The van der Waals surface area contributed by atoms with Crippen molar-refractivity contribution in [3.8, 4) is 0 Å². The van der Waals surface area contributed by atoms with E-state index in [4.69, 9.17) is 14.2 Å². The van der Waals surface area contributed by atoms with Crippen molar-refractivity contribution in [3.63, 3.8) is 0 Å². The fraction of sp³-hybridized carbons (Fsp3) is 0.938. The second kappa shape index (κ2) is 6.53. The molecule has 0 bridgehead atoms. The number of hydrogen-bond acceptors (Lipinski definition) is 4. The summed E-state index contributed by atoms with van der Waals surface area (Å²) in [6.07, 6.45) is 4.26. The van der Waals surface area contributed by atoms with E-state index < -0.39 is 5.60 Å². The van der Waals surface area contributed by atoms with Crippen molar-refractivity contribution in [1.29, 1.82) is 0 Å². The molecule has 0 radical (unpaired) electrons. The highest BCUT2D eigenvalue weighted by Crippen LogP contribution is 2.27. The molecule has 5 heteroatoms. The topological polar surface area (TPSA) is 48.0 Å². The van der Waals surface area contributed by atoms with Gasteiger partial charge in [-0.2, -0.15) is 0 Å². The Morgan fingerprint density at radius 1 is 1.38 bits per heavy atom. The number of ether oxygens (including phenoxy) is 3. The van der Waals surface area contributed by atoms with Crippen LogP contribution in [-0.4, -0.2) is 54.6 Å². The van der Waals surface area contributed by atoms with Gasteiger partial charge >= 0.3 is 6.09 Å². The molecular formula is C16H29NO4. The maximum absolute atomic E-state index is 12.1. The second-order valence-electron chi connectivity index (χ2n) is 7.40. The fourth-order valence-electron chi connectivity index (χ4n) is 2.77. The number of likely N-dealkylation sites (tertiary alicyclic amines) is 1. The van der Waals surface area contributed by atoms with Gasteiger partial charge in [0.1, 0.15) is 5.60 Å². The maximum atomic E-state index is 12.1. The molecule has 0 N–H and O–H groups in total. The number of rotatable bonds is 3. The van der Waals surface area contributed by atoms with Gasteiger partial charge in [0.25, 0.3) is 0 Å². The molecule has 2 atom stereocenters. The molecule has 1 amide bonds. The summed E-state index contributed by atoms with van der Waals surface area (Å²) in [7, 11) is 0. The molecule has 2 heterocycles. The number of carbonyl (C=O) groups is 1. The Bertz CT molecular complexity index is 360. The molecule has 0 saturated carbocycles. The van der Waals surface area contributed by atoms with Crippen molar-refractivity contribution in [2.24, 2.45) is 0 Å². The van der Waals surface area contributed by atoms with Gasteiger partial charge in [-0.1, -0.05) is 0 Å². The maximum Gasteiger partial charge on any atom is 0.410 e. The molecular weight excluding hydrogens is 270 g/mol. The highest BCUT2D eigenvalue weighted by Gasteiger charge is 2.39. The van der Waals surface area contributed by atoms with Gasteiger partial charge in [-0.15, -0.1) is 0 Å². The first kappa shape index (κ1) is 16.6. The standard InChI is InChI=1S/C16H29NO4/c1-15(2,3)21-14(18)17-9-8-16(4,12-17)20-11-13-7-5-6-10-19-13/h13H,5-12H2,1-4H3. The minimum absolute atomic E-state index is 0.214. The normalized spacial score (nSPS) is 30.5. The predicted molar refractivity (Wildman–Crippen MR) is 80.4 cm³/mol. The lowest BCUT2D eigenvalue weighted by Gasteiger charge is -2.30. The molecule has 2 aliphatic rings. The molecule has 2 aliphatic heterocycles. The zero-order valence-corrected chi connectivity index (χ0v) is 13.8. The van der Waals surface area contributed by atoms with Gasteiger partial charge < -0.3 is 19.1 Å². The van der Waals surface area contributed by atoms with Crippen molar-refractivity contribution >= 4 is 6.09 Å². The fourth-order valence-corrected chi connectivity index (χ4v) is 2.77. The number of hydrogen-bond donors (Lipinski definition) is 0. The summed E-state index contributed by atoms with van der Waals surface area (Å²) >= 11 is 0. The Balaban J connectivity index is 1.78. The summed E-state index contributed by atoms with van der Waals surface area (Å²) in [6.45, 7) is 10.5. The minimum atomic E-state index is -0.452. The molecule has 2 saturated heterocycles. The average Bonchev–Trinajstić information content (AvgIpc) is 2.79. The van der Waals surface area contributed by atoms with E-state index in [-0.39, 0.29) is 17.8 Å². The lowest BCUT2D eigenvalue weighted by atomic mass is 10.1. The van der Waals surface area contributed by atoms with Gasteiger partial charge in [0.05, 0.1) is 24.9 Å². The number of carbonyl (C=O) groups excluding carboxylic acids is 1. The highest BCUT2D eigenvalue weighted by molar-refractivity contribution is 5.68. The quantitative estimate of drug-likeness (QED) is 0.804. The van der Waals surface area contributed by atoms with Crippen molar-refractivity contribution in [2.45, 2.75) is 70.7 Å². The number of nitrogens with zero attached hydrogens (tertiary/aromatic N) is 1. The van der Waals surface area contributed by atoms with E-state index in [1.165, 1.54) is 6.42 Å². The summed E-state index contributed by atoms with van der Waals surface area (Å²) in [4.78, 5) is 13.8. The van der Waals surface area contributed by atoms with Crippen LogP contribution in [0.4, 0.5) is 4.79 Å². The van der Waals surface area contributed by atoms with E-state index in [0.29, 0.717) is 19.7 Å². The first-order chi connectivity index (χ1) is 9.77. The smallest absolute Gasteiger partial charge is 0.410 e. The minimum Gasteiger partial charge on any atom is -0.444 e. The zero-order chi connectivity index (χ0) is 15.5. The molecule has 21 heavy (non-hydrogen) atoms. The van der Waals surface area contributed by atoms with Crippen LogP contribution in [-0.2, 0) is 14.2 Å². The van der Waals surface area contributed by atoms with Crippen LogP contribution in [0.15, 0.2) is 0 Å². The van der Waals surface area contributed by atoms with Crippen LogP contribution in [0.25, 0.3) is 0 Å². The number of amides is 1. The van der Waals surface area contributed by atoms with Crippen molar-refractivity contribution in [2.75, 3.05) is 26.3 Å². The average molecular weight is 299 g/mol. The Kier molecular flexibility index (Phi) is 5.15. The van der Waals surface area contributed by atoms with Gasteiger partial charge in [0, 0.05) is 13.2 Å². The summed E-state index contributed by atoms with van der Waals surface area (Å²) in [6, 6.07) is 0. The van der Waals surface area contributed by atoms with E-state index in [1.54, 1.807) is 4.90 Å². The van der Waals surface area contributed by atoms with E-state index in [0.717, 1.165) is 25.9 Å². The van der Waals surface area contributed by atoms with Crippen molar-refractivity contribution in [1.82, 2.24) is 4.90 Å². The first-order valence-electron chi connectivity index (χ1n) is 8.01. The van der Waals surface area contributed by atoms with Crippen molar-refractivity contribution < 1.29 is 19.0 Å². The van der Waals surface area contributed by atoms with E-state index in [2.05, 4.69) is 6.92 Å². The van der Waals surface area contributed by atoms with Gasteiger partial charge in [-0.25, -0.2) is 4.79 Å². The largest absolute Gasteiger partial charge is 0.444 e. The summed E-state index contributed by atoms with van der Waals surface area (Å²) in [5.74, 6) is 0. The van der Waals surface area contributed by atoms with E-state index >= 15 is 0 Å². The predicted octanol–water partition coefficient (Wildman–Crippen LogP) is 2.97. The summed E-state index contributed by atoms with van der Waals surface area (Å²) in [5.41, 5.74) is -0.732. The molecule has 0 aromatic heterocycles. The SMILES string of the molecule is CC(C)(C)OC(=O)N1CCC(C)(OCC2CCCCO2)C1. The summed E-state index contributed by atoms with van der Waals surface area (Å²) < 4.78 is 17.2. The van der Waals surface area contributed by atoms with Crippen LogP contribution >= 0.6 is 0 Å². The molecule has 5 nitrogen and oxygen atoms in total. The summed E-state index contributed by atoms with van der Waals surface area (Å²) in [5, 5.41) is 0. The molecule has 2 unspecified atom stereocenters. The van der Waals surface area contributed by atoms with Crippen LogP contribution in [0.3, 0.4) is 0 Å². The Morgan fingerprint density at radius 3 is 2.76 bits per heavy atom. The van der Waals surface area contributed by atoms with Crippen LogP contribution in [0, 0.1) is 0 Å². The first-order valence-corrected chi connectivity index (χ1v) is 8.01. The van der Waals surface area contributed by atoms with Gasteiger partial charge in [-0.3, -0.25) is 0 Å². The van der Waals surface area contributed by atoms with Gasteiger partial charge in [-0.05, 0) is 53.4 Å². The molecule has 122 valence electrons. The highest BCUT2D eigenvalue weighted by atomic mass is 16.6. The van der Waals surface area contributed by atoms with Crippen LogP contribution in [0.1, 0.15) is 53.4 Å². The zero-order valence-electron chi connectivity index (χ0n) is 13.8. The third-order valence-corrected chi connectivity index (χ3v) is 3.98. The monoisotopic (exact) mass is 299 g/mol. The molecule has 2 rings (SSSR count). The third-order valence-electron chi connectivity index (χ3n) is 3.98. The molecule has 0 aromatic carbocycles. The van der Waals surface area contributed by atoms with Crippen LogP contribution < -0.4 is 0 Å². The Labute approximate surface area is 127 Å². The third kappa shape index (κ3) is 5.15. The van der Waals surface area contributed by atoms with Gasteiger partial charge in [0.15, 0.2) is 0 Å². The lowest BCUT2D eigenvalue weighted by molar-refractivity contribution is -0.0953. The van der Waals surface area contributed by atoms with Crippen molar-refractivity contribution in [3.05, 3.63) is 0 Å². The van der Waals surface area contributed by atoms with E-state index in [9.17, 15) is 4.79 Å². The van der Waals surface area contributed by atoms with Gasteiger partial charge in [0.2, 0.25) is 0 Å². The lowest BCUT2D eigenvalue weighted by Crippen LogP contribution is -2.40. The second-order valence-corrected chi connectivity index (χ2v) is 7.40. The molecule has 0 aromatic rings.